The summed E-state index contributed by atoms with van der Waals surface area (Å²) in [5, 5.41) is 3.82. The summed E-state index contributed by atoms with van der Waals surface area (Å²) in [4.78, 5) is 32.2. The van der Waals surface area contributed by atoms with Crippen molar-refractivity contribution in [2.75, 3.05) is 25.6 Å². The molecule has 0 aliphatic carbocycles. The monoisotopic (exact) mass is 428 g/mol. The van der Waals surface area contributed by atoms with Crippen molar-refractivity contribution in [3.05, 3.63) is 69.2 Å². The highest BCUT2D eigenvalue weighted by Gasteiger charge is 2.25. The van der Waals surface area contributed by atoms with E-state index in [1.165, 1.54) is 4.57 Å². The van der Waals surface area contributed by atoms with Gasteiger partial charge in [0, 0.05) is 31.4 Å². The first-order chi connectivity index (χ1) is 14.3. The van der Waals surface area contributed by atoms with Crippen molar-refractivity contribution >= 4 is 34.2 Å². The molecule has 0 spiro atoms. The number of carbonyl (C=O) groups is 1. The van der Waals surface area contributed by atoms with E-state index in [1.54, 1.807) is 37.3 Å². The highest BCUT2D eigenvalue weighted by molar-refractivity contribution is 6.31. The van der Waals surface area contributed by atoms with Crippen LogP contribution in [0, 0.1) is 6.92 Å². The Morgan fingerprint density at radius 2 is 1.97 bits per heavy atom. The number of halogens is 1. The van der Waals surface area contributed by atoms with Crippen LogP contribution in [0.4, 0.5) is 10.5 Å². The summed E-state index contributed by atoms with van der Waals surface area (Å²) in [7, 11) is 3.22. The second kappa shape index (κ2) is 9.28. The summed E-state index contributed by atoms with van der Waals surface area (Å²) in [5.74, 6) is 0.477. The van der Waals surface area contributed by atoms with E-state index in [1.807, 2.05) is 38.1 Å². The van der Waals surface area contributed by atoms with Crippen molar-refractivity contribution < 1.29 is 9.53 Å². The number of ether oxygens (including phenoxy) is 1. The van der Waals surface area contributed by atoms with E-state index >= 15 is 0 Å². The van der Waals surface area contributed by atoms with Crippen molar-refractivity contribution in [2.45, 2.75) is 19.9 Å². The van der Waals surface area contributed by atoms with Crippen LogP contribution < -0.4 is 10.9 Å². The van der Waals surface area contributed by atoms with Crippen LogP contribution in [0.5, 0.6) is 0 Å². The zero-order valence-corrected chi connectivity index (χ0v) is 18.2. The quantitative estimate of drug-likeness (QED) is 0.640. The molecule has 2 amide bonds. The largest absolute Gasteiger partial charge is 0.383 e. The number of methoxy groups -OCH3 is 1. The summed E-state index contributed by atoms with van der Waals surface area (Å²) >= 11 is 6.03. The molecule has 158 valence electrons. The van der Waals surface area contributed by atoms with Gasteiger partial charge in [0.1, 0.15) is 5.82 Å². The Hall–Kier alpha value is -2.90. The van der Waals surface area contributed by atoms with Gasteiger partial charge in [0.2, 0.25) is 0 Å². The standard InChI is InChI=1S/C22H25ClN4O3/c1-14-5-8-17(9-6-14)24-22(29)27(11-12-30-4)15(2)20-25-19-10-7-16(23)13-18(19)21(28)26(20)3/h5-10,13,15H,11-12H2,1-4H3,(H,24,29). The number of aryl methyl sites for hydroxylation is 1. The van der Waals surface area contributed by atoms with Crippen LogP contribution in [0.15, 0.2) is 47.3 Å². The van der Waals surface area contributed by atoms with Crippen molar-refractivity contribution in [3.8, 4) is 0 Å². The summed E-state index contributed by atoms with van der Waals surface area (Å²) < 4.78 is 6.65. The summed E-state index contributed by atoms with van der Waals surface area (Å²) in [6, 6.07) is 11.8. The molecule has 3 rings (SSSR count). The highest BCUT2D eigenvalue weighted by Crippen LogP contribution is 2.22. The Kier molecular flexibility index (Phi) is 6.74. The molecule has 1 aromatic heterocycles. The molecular weight excluding hydrogens is 404 g/mol. The molecule has 0 aliphatic rings. The molecule has 0 bridgehead atoms. The third kappa shape index (κ3) is 4.63. The zero-order valence-electron chi connectivity index (χ0n) is 17.5. The summed E-state index contributed by atoms with van der Waals surface area (Å²) in [5.41, 5.74) is 2.12. The number of hydrogen-bond donors (Lipinski definition) is 1. The molecule has 7 nitrogen and oxygen atoms in total. The van der Waals surface area contributed by atoms with Crippen molar-refractivity contribution in [2.24, 2.45) is 7.05 Å². The van der Waals surface area contributed by atoms with E-state index in [4.69, 9.17) is 16.3 Å². The molecule has 8 heteroatoms. The number of rotatable bonds is 6. The smallest absolute Gasteiger partial charge is 0.322 e. The van der Waals surface area contributed by atoms with Crippen LogP contribution in [0.2, 0.25) is 5.02 Å². The lowest BCUT2D eigenvalue weighted by atomic mass is 10.2. The van der Waals surface area contributed by atoms with Gasteiger partial charge in [-0.1, -0.05) is 29.3 Å². The number of anilines is 1. The number of urea groups is 1. The van der Waals surface area contributed by atoms with Crippen LogP contribution in [0.3, 0.4) is 0 Å². The number of hydrogen-bond acceptors (Lipinski definition) is 4. The van der Waals surface area contributed by atoms with Gasteiger partial charge in [-0.3, -0.25) is 9.36 Å². The maximum Gasteiger partial charge on any atom is 0.322 e. The number of fused-ring (bicyclic) bond motifs is 1. The minimum Gasteiger partial charge on any atom is -0.383 e. The first-order valence-electron chi connectivity index (χ1n) is 9.61. The van der Waals surface area contributed by atoms with Gasteiger partial charge in [-0.2, -0.15) is 0 Å². The molecule has 30 heavy (non-hydrogen) atoms. The van der Waals surface area contributed by atoms with E-state index < -0.39 is 6.04 Å². The van der Waals surface area contributed by atoms with Gasteiger partial charge in [0.05, 0.1) is 23.6 Å². The lowest BCUT2D eigenvalue weighted by Gasteiger charge is -2.30. The van der Waals surface area contributed by atoms with Crippen molar-refractivity contribution in [3.63, 3.8) is 0 Å². The number of nitrogens with zero attached hydrogens (tertiary/aromatic N) is 3. The summed E-state index contributed by atoms with van der Waals surface area (Å²) in [6.45, 7) is 4.51. The molecule has 0 aliphatic heterocycles. The average molecular weight is 429 g/mol. The number of aromatic nitrogens is 2. The van der Waals surface area contributed by atoms with Crippen LogP contribution in [-0.2, 0) is 11.8 Å². The molecule has 1 N–H and O–H groups in total. The molecule has 1 unspecified atom stereocenters. The fraction of sp³-hybridized carbons (Fsp3) is 0.318. The Morgan fingerprint density at radius 3 is 2.63 bits per heavy atom. The first-order valence-corrected chi connectivity index (χ1v) is 9.99. The lowest BCUT2D eigenvalue weighted by Crippen LogP contribution is -2.41. The van der Waals surface area contributed by atoms with E-state index in [9.17, 15) is 9.59 Å². The molecule has 0 saturated carbocycles. The fourth-order valence-electron chi connectivity index (χ4n) is 3.27. The molecule has 0 radical (unpaired) electrons. The van der Waals surface area contributed by atoms with E-state index in [2.05, 4.69) is 10.3 Å². The second-order valence-corrected chi connectivity index (χ2v) is 7.59. The number of nitrogens with one attached hydrogen (secondary N) is 1. The van der Waals surface area contributed by atoms with E-state index in [-0.39, 0.29) is 11.6 Å². The minimum absolute atomic E-state index is 0.213. The van der Waals surface area contributed by atoms with Crippen LogP contribution in [0.1, 0.15) is 24.4 Å². The maximum atomic E-state index is 13.0. The summed E-state index contributed by atoms with van der Waals surface area (Å²) in [6.07, 6.45) is 0. The third-order valence-electron chi connectivity index (χ3n) is 5.01. The van der Waals surface area contributed by atoms with Gasteiger partial charge in [-0.05, 0) is 44.2 Å². The third-order valence-corrected chi connectivity index (χ3v) is 5.25. The Bertz CT molecular complexity index is 1110. The van der Waals surface area contributed by atoms with Gasteiger partial charge in [-0.25, -0.2) is 9.78 Å². The topological polar surface area (TPSA) is 76.5 Å². The molecule has 1 atom stereocenters. The number of carbonyl (C=O) groups excluding carboxylic acids is 1. The van der Waals surface area contributed by atoms with Crippen LogP contribution in [-0.4, -0.2) is 40.7 Å². The SMILES string of the molecule is COCCN(C(=O)Nc1ccc(C)cc1)C(C)c1nc2ccc(Cl)cc2c(=O)n1C. The van der Waals surface area contributed by atoms with E-state index in [0.29, 0.717) is 40.6 Å². The molecule has 2 aromatic carbocycles. The van der Waals surface area contributed by atoms with Gasteiger partial charge in [-0.15, -0.1) is 0 Å². The Balaban J connectivity index is 1.96. The number of amides is 2. The van der Waals surface area contributed by atoms with Gasteiger partial charge in [0.25, 0.3) is 5.56 Å². The lowest BCUT2D eigenvalue weighted by molar-refractivity contribution is 0.136. The first kappa shape index (κ1) is 21.8. The average Bonchev–Trinajstić information content (AvgIpc) is 2.73. The predicted molar refractivity (Wildman–Crippen MR) is 119 cm³/mol. The fourth-order valence-corrected chi connectivity index (χ4v) is 3.44. The van der Waals surface area contributed by atoms with Crippen molar-refractivity contribution in [1.82, 2.24) is 14.5 Å². The highest BCUT2D eigenvalue weighted by atomic mass is 35.5. The molecule has 1 heterocycles. The maximum absolute atomic E-state index is 13.0. The van der Waals surface area contributed by atoms with Gasteiger partial charge in [0.15, 0.2) is 0 Å². The predicted octanol–water partition coefficient (Wildman–Crippen LogP) is 4.14. The van der Waals surface area contributed by atoms with Gasteiger partial charge < -0.3 is 15.0 Å². The van der Waals surface area contributed by atoms with Crippen molar-refractivity contribution in [1.29, 1.82) is 0 Å². The van der Waals surface area contributed by atoms with Crippen LogP contribution in [0.25, 0.3) is 10.9 Å². The van der Waals surface area contributed by atoms with E-state index in [0.717, 1.165) is 5.56 Å². The number of benzene rings is 2. The zero-order chi connectivity index (χ0) is 21.8. The minimum atomic E-state index is -0.469. The normalized spacial score (nSPS) is 12.0. The Morgan fingerprint density at radius 1 is 1.27 bits per heavy atom. The molecule has 0 saturated heterocycles. The molecular formula is C22H25ClN4O3. The molecule has 3 aromatic rings. The second-order valence-electron chi connectivity index (χ2n) is 7.15. The van der Waals surface area contributed by atoms with Gasteiger partial charge >= 0.3 is 6.03 Å². The Labute approximate surface area is 180 Å². The van der Waals surface area contributed by atoms with Crippen LogP contribution >= 0.6 is 11.6 Å². The molecule has 0 fully saturated rings.